The average molecular weight is 146 g/mol. The maximum atomic E-state index is 9.16. The molecular weight excluding hydrogens is 128 g/mol. The molecule has 0 amide bonds. The SMILES string of the molecule is CCCC(O)NC(N)CC. The highest BCUT2D eigenvalue weighted by molar-refractivity contribution is 4.58. The Bertz CT molecular complexity index is 78.0. The third kappa shape index (κ3) is 4.73. The van der Waals surface area contributed by atoms with E-state index in [0.717, 1.165) is 19.3 Å². The van der Waals surface area contributed by atoms with Gasteiger partial charge < -0.3 is 10.8 Å². The number of hydrogen-bond acceptors (Lipinski definition) is 3. The molecule has 3 heteroatoms. The van der Waals surface area contributed by atoms with Gasteiger partial charge in [-0.05, 0) is 12.8 Å². The Kier molecular flexibility index (Phi) is 5.58. The van der Waals surface area contributed by atoms with E-state index in [1.165, 1.54) is 0 Å². The van der Waals surface area contributed by atoms with Crippen molar-refractivity contribution in [1.82, 2.24) is 5.32 Å². The number of aliphatic hydroxyl groups excluding tert-OH is 1. The van der Waals surface area contributed by atoms with Crippen molar-refractivity contribution in [3.05, 3.63) is 0 Å². The summed E-state index contributed by atoms with van der Waals surface area (Å²) in [4.78, 5) is 0. The van der Waals surface area contributed by atoms with Crippen LogP contribution in [0, 0.1) is 0 Å². The summed E-state index contributed by atoms with van der Waals surface area (Å²) in [5, 5.41) is 12.0. The quantitative estimate of drug-likeness (QED) is 0.492. The minimum absolute atomic E-state index is 0.0680. The summed E-state index contributed by atoms with van der Waals surface area (Å²) in [6.45, 7) is 4.01. The zero-order chi connectivity index (χ0) is 7.98. The number of rotatable bonds is 5. The van der Waals surface area contributed by atoms with Gasteiger partial charge in [0.25, 0.3) is 0 Å². The smallest absolute Gasteiger partial charge is 0.106 e. The van der Waals surface area contributed by atoms with Crippen molar-refractivity contribution in [2.24, 2.45) is 5.73 Å². The summed E-state index contributed by atoms with van der Waals surface area (Å²) in [5.41, 5.74) is 5.53. The van der Waals surface area contributed by atoms with Crippen LogP contribution in [0.15, 0.2) is 0 Å². The van der Waals surface area contributed by atoms with Crippen molar-refractivity contribution >= 4 is 0 Å². The summed E-state index contributed by atoms with van der Waals surface area (Å²) < 4.78 is 0. The van der Waals surface area contributed by atoms with Crippen molar-refractivity contribution < 1.29 is 5.11 Å². The van der Waals surface area contributed by atoms with Gasteiger partial charge in [-0.15, -0.1) is 0 Å². The van der Waals surface area contributed by atoms with Gasteiger partial charge in [-0.1, -0.05) is 20.3 Å². The van der Waals surface area contributed by atoms with Crippen LogP contribution in [0.4, 0.5) is 0 Å². The van der Waals surface area contributed by atoms with Gasteiger partial charge in [-0.3, -0.25) is 5.32 Å². The fraction of sp³-hybridized carbons (Fsp3) is 1.00. The lowest BCUT2D eigenvalue weighted by Gasteiger charge is -2.16. The normalized spacial score (nSPS) is 16.8. The van der Waals surface area contributed by atoms with Crippen molar-refractivity contribution in [2.45, 2.75) is 45.5 Å². The molecular formula is C7H18N2O. The van der Waals surface area contributed by atoms with Gasteiger partial charge in [0.1, 0.15) is 6.23 Å². The maximum absolute atomic E-state index is 9.16. The molecule has 0 rings (SSSR count). The molecule has 62 valence electrons. The molecule has 0 heterocycles. The topological polar surface area (TPSA) is 58.3 Å². The Morgan fingerprint density at radius 2 is 2.10 bits per heavy atom. The van der Waals surface area contributed by atoms with Gasteiger partial charge in [0, 0.05) is 0 Å². The highest BCUT2D eigenvalue weighted by atomic mass is 16.3. The summed E-state index contributed by atoms with van der Waals surface area (Å²) in [7, 11) is 0. The second-order valence-corrected chi connectivity index (χ2v) is 2.49. The third-order valence-corrected chi connectivity index (χ3v) is 1.41. The molecule has 0 aliphatic rings. The van der Waals surface area contributed by atoms with Crippen LogP contribution >= 0.6 is 0 Å². The summed E-state index contributed by atoms with van der Waals surface area (Å²) in [6, 6.07) is 0. The van der Waals surface area contributed by atoms with Crippen LogP contribution < -0.4 is 11.1 Å². The lowest BCUT2D eigenvalue weighted by molar-refractivity contribution is 0.112. The van der Waals surface area contributed by atoms with Crippen LogP contribution in [0.3, 0.4) is 0 Å². The molecule has 0 aromatic rings. The van der Waals surface area contributed by atoms with Gasteiger partial charge in [0.15, 0.2) is 0 Å². The van der Waals surface area contributed by atoms with Crippen LogP contribution in [-0.2, 0) is 0 Å². The molecule has 0 aromatic heterocycles. The average Bonchev–Trinajstić information content (AvgIpc) is 1.88. The first kappa shape index (κ1) is 9.88. The molecule has 0 radical (unpaired) electrons. The predicted octanol–water partition coefficient (Wildman–Crippen LogP) is 0.389. The summed E-state index contributed by atoms with van der Waals surface area (Å²) in [5.74, 6) is 0. The van der Waals surface area contributed by atoms with Crippen LogP contribution in [-0.4, -0.2) is 17.5 Å². The number of nitrogens with two attached hydrogens (primary N) is 1. The van der Waals surface area contributed by atoms with Crippen LogP contribution in [0.1, 0.15) is 33.1 Å². The molecule has 0 fully saturated rings. The first-order chi connectivity index (χ1) is 4.70. The van der Waals surface area contributed by atoms with E-state index in [-0.39, 0.29) is 6.17 Å². The highest BCUT2D eigenvalue weighted by Gasteiger charge is 2.04. The molecule has 0 aliphatic carbocycles. The van der Waals surface area contributed by atoms with E-state index in [1.807, 2.05) is 13.8 Å². The minimum atomic E-state index is -0.431. The van der Waals surface area contributed by atoms with Gasteiger partial charge in [0.05, 0.1) is 6.17 Å². The number of hydrogen-bond donors (Lipinski definition) is 3. The van der Waals surface area contributed by atoms with Gasteiger partial charge in [-0.2, -0.15) is 0 Å². The van der Waals surface area contributed by atoms with E-state index in [0.29, 0.717) is 0 Å². The standard InChI is InChI=1S/C7H18N2O/c1-3-5-7(10)9-6(8)4-2/h6-7,9-10H,3-5,8H2,1-2H3. The van der Waals surface area contributed by atoms with Crippen molar-refractivity contribution in [2.75, 3.05) is 0 Å². The number of nitrogens with one attached hydrogen (secondary N) is 1. The Balaban J connectivity index is 3.27. The first-order valence-corrected chi connectivity index (χ1v) is 3.90. The van der Waals surface area contributed by atoms with E-state index in [4.69, 9.17) is 10.8 Å². The van der Waals surface area contributed by atoms with Gasteiger partial charge >= 0.3 is 0 Å². The third-order valence-electron chi connectivity index (χ3n) is 1.41. The second kappa shape index (κ2) is 5.65. The van der Waals surface area contributed by atoms with Crippen LogP contribution in [0.25, 0.3) is 0 Å². The van der Waals surface area contributed by atoms with E-state index >= 15 is 0 Å². The zero-order valence-corrected chi connectivity index (χ0v) is 6.80. The van der Waals surface area contributed by atoms with Crippen LogP contribution in [0.2, 0.25) is 0 Å². The molecule has 4 N–H and O–H groups in total. The Hall–Kier alpha value is -0.120. The summed E-state index contributed by atoms with van der Waals surface area (Å²) in [6.07, 6.45) is 2.10. The monoisotopic (exact) mass is 146 g/mol. The van der Waals surface area contributed by atoms with Gasteiger partial charge in [-0.25, -0.2) is 0 Å². The molecule has 0 aliphatic heterocycles. The number of aliphatic hydroxyl groups is 1. The van der Waals surface area contributed by atoms with Crippen LogP contribution in [0.5, 0.6) is 0 Å². The molecule has 0 saturated carbocycles. The van der Waals surface area contributed by atoms with Crippen molar-refractivity contribution in [3.63, 3.8) is 0 Å². The van der Waals surface area contributed by atoms with Crippen molar-refractivity contribution in [1.29, 1.82) is 0 Å². The fourth-order valence-electron chi connectivity index (χ4n) is 0.722. The molecule has 2 atom stereocenters. The molecule has 2 unspecified atom stereocenters. The fourth-order valence-corrected chi connectivity index (χ4v) is 0.722. The van der Waals surface area contributed by atoms with Gasteiger partial charge in [0.2, 0.25) is 0 Å². The Labute approximate surface area is 62.6 Å². The minimum Gasteiger partial charge on any atom is -0.379 e. The van der Waals surface area contributed by atoms with E-state index < -0.39 is 6.23 Å². The predicted molar refractivity (Wildman–Crippen MR) is 42.3 cm³/mol. The van der Waals surface area contributed by atoms with E-state index in [2.05, 4.69) is 5.32 Å². The molecule has 0 spiro atoms. The molecule has 10 heavy (non-hydrogen) atoms. The largest absolute Gasteiger partial charge is 0.379 e. The Morgan fingerprint density at radius 3 is 2.50 bits per heavy atom. The summed E-state index contributed by atoms with van der Waals surface area (Å²) >= 11 is 0. The second-order valence-electron chi connectivity index (χ2n) is 2.49. The maximum Gasteiger partial charge on any atom is 0.106 e. The van der Waals surface area contributed by atoms with Crippen molar-refractivity contribution in [3.8, 4) is 0 Å². The van der Waals surface area contributed by atoms with E-state index in [9.17, 15) is 0 Å². The zero-order valence-electron chi connectivity index (χ0n) is 6.80. The highest BCUT2D eigenvalue weighted by Crippen LogP contribution is 1.93. The Morgan fingerprint density at radius 1 is 1.50 bits per heavy atom. The molecule has 3 nitrogen and oxygen atoms in total. The molecule has 0 saturated heterocycles. The molecule has 0 bridgehead atoms. The first-order valence-electron chi connectivity index (χ1n) is 3.90. The lowest BCUT2D eigenvalue weighted by Crippen LogP contribution is -2.43. The van der Waals surface area contributed by atoms with E-state index in [1.54, 1.807) is 0 Å². The lowest BCUT2D eigenvalue weighted by atomic mass is 10.3. The molecule has 0 aromatic carbocycles.